The van der Waals surface area contributed by atoms with E-state index in [9.17, 15) is 0 Å². The number of pyridine rings is 1. The quantitative estimate of drug-likeness (QED) is 0.875. The van der Waals surface area contributed by atoms with Gasteiger partial charge in [0.2, 0.25) is 0 Å². The Morgan fingerprint density at radius 3 is 2.67 bits per heavy atom. The van der Waals surface area contributed by atoms with Crippen LogP contribution < -0.4 is 10.2 Å². The molecular weight excluding hydrogens is 226 g/mol. The van der Waals surface area contributed by atoms with E-state index in [1.165, 1.54) is 5.56 Å². The van der Waals surface area contributed by atoms with Crippen LogP contribution in [-0.2, 0) is 13.1 Å². The van der Waals surface area contributed by atoms with Crippen LogP contribution in [0.3, 0.4) is 0 Å². The molecule has 0 fully saturated rings. The van der Waals surface area contributed by atoms with E-state index in [4.69, 9.17) is 0 Å². The Labute approximate surface area is 107 Å². The normalized spacial score (nSPS) is 10.4. The third kappa shape index (κ3) is 3.00. The Bertz CT molecular complexity index is 486. The first-order valence-electron chi connectivity index (χ1n) is 6.07. The molecule has 5 heteroatoms. The van der Waals surface area contributed by atoms with Crippen molar-refractivity contribution in [1.29, 1.82) is 0 Å². The summed E-state index contributed by atoms with van der Waals surface area (Å²) in [7, 11) is 3.96. The van der Waals surface area contributed by atoms with Crippen LogP contribution in [0.25, 0.3) is 0 Å². The highest BCUT2D eigenvalue weighted by molar-refractivity contribution is 5.48. The molecule has 2 heterocycles. The smallest absolute Gasteiger partial charge is 0.128 e. The van der Waals surface area contributed by atoms with Gasteiger partial charge in [-0.25, -0.2) is 4.98 Å². The lowest BCUT2D eigenvalue weighted by atomic mass is 10.3. The molecule has 0 aliphatic rings. The average Bonchev–Trinajstić information content (AvgIpc) is 2.85. The van der Waals surface area contributed by atoms with Crippen molar-refractivity contribution < 1.29 is 0 Å². The minimum atomic E-state index is 0.767. The van der Waals surface area contributed by atoms with Gasteiger partial charge >= 0.3 is 0 Å². The van der Waals surface area contributed by atoms with Gasteiger partial charge in [-0.15, -0.1) is 0 Å². The van der Waals surface area contributed by atoms with Crippen LogP contribution in [0.15, 0.2) is 30.7 Å². The number of nitrogens with one attached hydrogen (secondary N) is 1. The number of hydrogen-bond donors (Lipinski definition) is 1. The van der Waals surface area contributed by atoms with Crippen LogP contribution in [0, 0.1) is 0 Å². The summed E-state index contributed by atoms with van der Waals surface area (Å²) in [5.41, 5.74) is 2.19. The zero-order chi connectivity index (χ0) is 13.0. The molecule has 0 aliphatic carbocycles. The number of nitrogens with zero attached hydrogens (tertiary/aromatic N) is 4. The Morgan fingerprint density at radius 2 is 2.11 bits per heavy atom. The lowest BCUT2D eigenvalue weighted by Crippen LogP contribution is -2.10. The zero-order valence-corrected chi connectivity index (χ0v) is 11.1. The zero-order valence-electron chi connectivity index (χ0n) is 11.1. The van der Waals surface area contributed by atoms with Gasteiger partial charge in [-0.05, 0) is 19.1 Å². The second-order valence-electron chi connectivity index (χ2n) is 4.36. The van der Waals surface area contributed by atoms with Crippen LogP contribution in [0.4, 0.5) is 11.5 Å². The largest absolute Gasteiger partial charge is 0.380 e. The summed E-state index contributed by atoms with van der Waals surface area (Å²) in [4.78, 5) is 6.34. The molecule has 0 radical (unpaired) electrons. The van der Waals surface area contributed by atoms with Gasteiger partial charge in [0.1, 0.15) is 5.82 Å². The van der Waals surface area contributed by atoms with Crippen molar-refractivity contribution in [2.45, 2.75) is 20.0 Å². The second kappa shape index (κ2) is 5.53. The number of aromatic nitrogens is 3. The molecule has 2 rings (SSSR count). The highest BCUT2D eigenvalue weighted by Crippen LogP contribution is 2.12. The van der Waals surface area contributed by atoms with Crippen molar-refractivity contribution in [3.8, 4) is 0 Å². The SMILES string of the molecule is CCn1cc(CNc2ccc(N(C)C)nc2)cn1. The molecule has 0 saturated carbocycles. The summed E-state index contributed by atoms with van der Waals surface area (Å²) in [5.74, 6) is 0.958. The molecule has 0 spiro atoms. The van der Waals surface area contributed by atoms with Crippen LogP contribution in [0.2, 0.25) is 0 Å². The molecule has 1 N–H and O–H groups in total. The van der Waals surface area contributed by atoms with E-state index in [1.807, 2.05) is 48.2 Å². The number of hydrogen-bond acceptors (Lipinski definition) is 4. The van der Waals surface area contributed by atoms with Crippen molar-refractivity contribution in [3.63, 3.8) is 0 Å². The highest BCUT2D eigenvalue weighted by atomic mass is 15.3. The van der Waals surface area contributed by atoms with Crippen molar-refractivity contribution in [1.82, 2.24) is 14.8 Å². The van der Waals surface area contributed by atoms with E-state index < -0.39 is 0 Å². The summed E-state index contributed by atoms with van der Waals surface area (Å²) < 4.78 is 1.92. The van der Waals surface area contributed by atoms with Crippen molar-refractivity contribution in [3.05, 3.63) is 36.3 Å². The Morgan fingerprint density at radius 1 is 1.28 bits per heavy atom. The summed E-state index contributed by atoms with van der Waals surface area (Å²) in [6, 6.07) is 4.03. The number of aryl methyl sites for hydroxylation is 1. The summed E-state index contributed by atoms with van der Waals surface area (Å²) in [6.07, 6.45) is 5.78. The van der Waals surface area contributed by atoms with Crippen LogP contribution in [0.1, 0.15) is 12.5 Å². The fourth-order valence-corrected chi connectivity index (χ4v) is 1.63. The molecule has 18 heavy (non-hydrogen) atoms. The van der Waals surface area contributed by atoms with Crippen molar-refractivity contribution in [2.75, 3.05) is 24.3 Å². The van der Waals surface area contributed by atoms with Gasteiger partial charge in [-0.2, -0.15) is 5.10 Å². The molecule has 5 nitrogen and oxygen atoms in total. The van der Waals surface area contributed by atoms with Gasteiger partial charge in [0.15, 0.2) is 0 Å². The van der Waals surface area contributed by atoms with E-state index in [-0.39, 0.29) is 0 Å². The maximum atomic E-state index is 4.35. The average molecular weight is 245 g/mol. The van der Waals surface area contributed by atoms with Crippen LogP contribution >= 0.6 is 0 Å². The monoisotopic (exact) mass is 245 g/mol. The van der Waals surface area contributed by atoms with E-state index in [1.54, 1.807) is 0 Å². The Balaban J connectivity index is 1.93. The number of rotatable bonds is 5. The molecule has 0 saturated heterocycles. The van der Waals surface area contributed by atoms with Crippen LogP contribution in [0.5, 0.6) is 0 Å². The van der Waals surface area contributed by atoms with Crippen LogP contribution in [-0.4, -0.2) is 28.9 Å². The third-order valence-corrected chi connectivity index (χ3v) is 2.71. The Kier molecular flexibility index (Phi) is 3.82. The minimum absolute atomic E-state index is 0.767. The third-order valence-electron chi connectivity index (χ3n) is 2.71. The van der Waals surface area contributed by atoms with Gasteiger partial charge in [-0.1, -0.05) is 0 Å². The van der Waals surface area contributed by atoms with E-state index in [0.717, 1.165) is 24.6 Å². The fourth-order valence-electron chi connectivity index (χ4n) is 1.63. The van der Waals surface area contributed by atoms with Gasteiger partial charge in [0.05, 0.1) is 18.1 Å². The fraction of sp³-hybridized carbons (Fsp3) is 0.385. The molecule has 96 valence electrons. The molecule has 0 aromatic carbocycles. The first-order valence-corrected chi connectivity index (χ1v) is 6.07. The maximum absolute atomic E-state index is 4.35. The van der Waals surface area contributed by atoms with E-state index in [0.29, 0.717) is 0 Å². The highest BCUT2D eigenvalue weighted by Gasteiger charge is 1.99. The standard InChI is InChI=1S/C13H19N5/c1-4-18-10-11(8-16-18)7-14-12-5-6-13(15-9-12)17(2)3/h5-6,8-10,14H,4,7H2,1-3H3. The molecule has 0 bridgehead atoms. The lowest BCUT2D eigenvalue weighted by molar-refractivity contribution is 0.659. The predicted molar refractivity (Wildman–Crippen MR) is 73.8 cm³/mol. The number of anilines is 2. The topological polar surface area (TPSA) is 46.0 Å². The molecule has 0 atom stereocenters. The van der Waals surface area contributed by atoms with Gasteiger partial charge < -0.3 is 10.2 Å². The molecule has 2 aromatic heterocycles. The second-order valence-corrected chi connectivity index (χ2v) is 4.36. The Hall–Kier alpha value is -2.04. The van der Waals surface area contributed by atoms with E-state index in [2.05, 4.69) is 28.5 Å². The predicted octanol–water partition coefficient (Wildman–Crippen LogP) is 1.98. The van der Waals surface area contributed by atoms with Gasteiger partial charge in [0, 0.05) is 38.9 Å². The maximum Gasteiger partial charge on any atom is 0.128 e. The molecule has 2 aromatic rings. The molecule has 0 aliphatic heterocycles. The van der Waals surface area contributed by atoms with Crippen molar-refractivity contribution >= 4 is 11.5 Å². The summed E-state index contributed by atoms with van der Waals surface area (Å²) >= 11 is 0. The van der Waals surface area contributed by atoms with E-state index >= 15 is 0 Å². The first kappa shape index (κ1) is 12.4. The lowest BCUT2D eigenvalue weighted by Gasteiger charge is -2.11. The molecular formula is C13H19N5. The summed E-state index contributed by atoms with van der Waals surface area (Å²) in [6.45, 7) is 3.75. The summed E-state index contributed by atoms with van der Waals surface area (Å²) in [5, 5.41) is 7.57. The molecule has 0 amide bonds. The minimum Gasteiger partial charge on any atom is -0.380 e. The van der Waals surface area contributed by atoms with Gasteiger partial charge in [-0.3, -0.25) is 4.68 Å². The van der Waals surface area contributed by atoms with Gasteiger partial charge in [0.25, 0.3) is 0 Å². The molecule has 0 unspecified atom stereocenters. The van der Waals surface area contributed by atoms with Crippen molar-refractivity contribution in [2.24, 2.45) is 0 Å². The first-order chi connectivity index (χ1) is 8.69.